The number of anilines is 1. The van der Waals surface area contributed by atoms with Crippen molar-refractivity contribution in [3.63, 3.8) is 0 Å². The van der Waals surface area contributed by atoms with E-state index in [2.05, 4.69) is 5.32 Å². The summed E-state index contributed by atoms with van der Waals surface area (Å²) in [5, 5.41) is 2.20. The number of rotatable bonds is 6. The first kappa shape index (κ1) is 24.6. The number of hydrogen-bond acceptors (Lipinski definition) is 6. The van der Waals surface area contributed by atoms with Crippen LogP contribution in [0.3, 0.4) is 0 Å². The number of amides is 1. The molecule has 0 spiro atoms. The molecule has 1 heterocycles. The van der Waals surface area contributed by atoms with Crippen LogP contribution in [-0.2, 0) is 17.5 Å². The van der Waals surface area contributed by atoms with E-state index in [1.165, 1.54) is 43.2 Å². The van der Waals surface area contributed by atoms with Crippen LogP contribution in [0.2, 0.25) is 0 Å². The van der Waals surface area contributed by atoms with Crippen molar-refractivity contribution in [1.29, 1.82) is 0 Å². The lowest BCUT2D eigenvalue weighted by Crippen LogP contribution is -2.25. The third-order valence-corrected chi connectivity index (χ3v) is 5.17. The molecule has 0 radical (unpaired) electrons. The Morgan fingerprint density at radius 3 is 2.21 bits per heavy atom. The Bertz CT molecular complexity index is 1330. The predicted octanol–water partition coefficient (Wildman–Crippen LogP) is 4.10. The predicted molar refractivity (Wildman–Crippen MR) is 118 cm³/mol. The van der Waals surface area contributed by atoms with E-state index in [1.807, 2.05) is 0 Å². The number of carbonyl (C=O) groups is 2. The number of methoxy groups -OCH3 is 3. The van der Waals surface area contributed by atoms with Crippen molar-refractivity contribution >= 4 is 28.5 Å². The lowest BCUT2D eigenvalue weighted by molar-refractivity contribution is -0.137. The summed E-state index contributed by atoms with van der Waals surface area (Å²) >= 11 is 0. The van der Waals surface area contributed by atoms with Gasteiger partial charge in [0.15, 0.2) is 11.5 Å². The summed E-state index contributed by atoms with van der Waals surface area (Å²) in [4.78, 5) is 38.4. The van der Waals surface area contributed by atoms with Gasteiger partial charge in [0.25, 0.3) is 5.91 Å². The maximum absolute atomic E-state index is 13.2. The van der Waals surface area contributed by atoms with Gasteiger partial charge >= 0.3 is 12.1 Å². The minimum Gasteiger partial charge on any atom is -0.493 e. The molecule has 0 fully saturated rings. The number of hydrogen-bond donors (Lipinski definition) is 1. The van der Waals surface area contributed by atoms with Gasteiger partial charge in [-0.2, -0.15) is 13.2 Å². The van der Waals surface area contributed by atoms with Gasteiger partial charge in [0.05, 0.1) is 43.7 Å². The topological polar surface area (TPSA) is 95.9 Å². The molecule has 0 bridgehead atoms. The highest BCUT2D eigenvalue weighted by Gasteiger charge is 2.31. The lowest BCUT2D eigenvalue weighted by atomic mass is 10.1. The quantitative estimate of drug-likeness (QED) is 0.536. The Morgan fingerprint density at radius 2 is 1.65 bits per heavy atom. The van der Waals surface area contributed by atoms with Crippen LogP contribution in [0.1, 0.15) is 33.2 Å². The first-order valence-electron chi connectivity index (χ1n) is 9.95. The van der Waals surface area contributed by atoms with Gasteiger partial charge in [-0.15, -0.1) is 0 Å². The number of benzene rings is 2. The number of alkyl halides is 3. The highest BCUT2D eigenvalue weighted by atomic mass is 19.4. The fraction of sp³-hybridized carbons (Fsp3) is 0.261. The van der Waals surface area contributed by atoms with Crippen LogP contribution in [0.25, 0.3) is 10.9 Å². The zero-order valence-electron chi connectivity index (χ0n) is 18.7. The molecule has 11 heteroatoms. The Kier molecular flexibility index (Phi) is 6.85. The third-order valence-electron chi connectivity index (χ3n) is 5.17. The number of aromatic nitrogens is 1. The molecular weight excluding hydrogens is 457 g/mol. The van der Waals surface area contributed by atoms with Crippen molar-refractivity contribution in [3.05, 3.63) is 63.4 Å². The Labute approximate surface area is 191 Å². The first-order valence-corrected chi connectivity index (χ1v) is 9.95. The lowest BCUT2D eigenvalue weighted by Gasteiger charge is -2.16. The maximum atomic E-state index is 13.2. The SMILES string of the molecule is CCn1cc(C(=O)Nc2cc(OC)c(OC)cc2C(=O)OC)c(=O)c2cc(C(F)(F)F)ccc21. The molecule has 0 aliphatic carbocycles. The van der Waals surface area contributed by atoms with Crippen LogP contribution < -0.4 is 20.2 Å². The zero-order valence-corrected chi connectivity index (χ0v) is 18.7. The second-order valence-corrected chi connectivity index (χ2v) is 7.09. The monoisotopic (exact) mass is 478 g/mol. The van der Waals surface area contributed by atoms with Crippen LogP contribution in [0.15, 0.2) is 41.3 Å². The van der Waals surface area contributed by atoms with Gasteiger partial charge < -0.3 is 24.1 Å². The zero-order chi connectivity index (χ0) is 25.2. The van der Waals surface area contributed by atoms with E-state index in [1.54, 1.807) is 6.92 Å². The molecule has 3 rings (SSSR count). The van der Waals surface area contributed by atoms with Crippen LogP contribution >= 0.6 is 0 Å². The maximum Gasteiger partial charge on any atom is 0.416 e. The van der Waals surface area contributed by atoms with E-state index in [9.17, 15) is 27.6 Å². The molecule has 0 saturated heterocycles. The van der Waals surface area contributed by atoms with Gasteiger partial charge in [-0.3, -0.25) is 9.59 Å². The molecule has 0 saturated carbocycles. The molecule has 1 amide bonds. The van der Waals surface area contributed by atoms with Crippen LogP contribution in [-0.4, -0.2) is 37.8 Å². The van der Waals surface area contributed by atoms with Crippen LogP contribution in [0.5, 0.6) is 11.5 Å². The second-order valence-electron chi connectivity index (χ2n) is 7.09. The number of fused-ring (bicyclic) bond motifs is 1. The fourth-order valence-corrected chi connectivity index (χ4v) is 3.45. The average molecular weight is 478 g/mol. The standard InChI is InChI=1S/C23H21F3N2O6/c1-5-28-11-15(20(29)14-8-12(23(24,25)26)6-7-17(14)28)21(30)27-16-10-19(33-3)18(32-2)9-13(16)22(31)34-4/h6-11H,5H2,1-4H3,(H,27,30). The molecule has 34 heavy (non-hydrogen) atoms. The molecule has 180 valence electrons. The van der Waals surface area contributed by atoms with Crippen molar-refractivity contribution in [2.45, 2.75) is 19.6 Å². The van der Waals surface area contributed by atoms with E-state index in [0.717, 1.165) is 19.2 Å². The number of nitrogens with one attached hydrogen (secondary N) is 1. The summed E-state index contributed by atoms with van der Waals surface area (Å²) in [5.74, 6) is -1.34. The Morgan fingerprint density at radius 1 is 1.00 bits per heavy atom. The summed E-state index contributed by atoms with van der Waals surface area (Å²) in [6.07, 6.45) is -3.41. The molecule has 0 aliphatic heterocycles. The molecule has 2 aromatic carbocycles. The van der Waals surface area contributed by atoms with Crippen molar-refractivity contribution in [1.82, 2.24) is 4.57 Å². The summed E-state index contributed by atoms with van der Waals surface area (Å²) < 4.78 is 56.2. The number of ether oxygens (including phenoxy) is 3. The molecule has 1 aromatic heterocycles. The van der Waals surface area contributed by atoms with Crippen molar-refractivity contribution in [2.75, 3.05) is 26.6 Å². The highest BCUT2D eigenvalue weighted by Crippen LogP contribution is 2.34. The van der Waals surface area contributed by atoms with Crippen molar-refractivity contribution in [2.24, 2.45) is 0 Å². The molecule has 0 atom stereocenters. The van der Waals surface area contributed by atoms with Crippen molar-refractivity contribution in [3.8, 4) is 11.5 Å². The average Bonchev–Trinajstić information content (AvgIpc) is 2.82. The number of esters is 1. The third kappa shape index (κ3) is 4.54. The second kappa shape index (κ2) is 9.46. The van der Waals surface area contributed by atoms with Gasteiger partial charge in [-0.05, 0) is 25.1 Å². The number of pyridine rings is 1. The van der Waals surface area contributed by atoms with Gasteiger partial charge in [-0.25, -0.2) is 4.79 Å². The molecule has 0 aliphatic rings. The summed E-state index contributed by atoms with van der Waals surface area (Å²) in [5.41, 5.74) is -2.17. The number of halogens is 3. The van der Waals surface area contributed by atoms with E-state index >= 15 is 0 Å². The minimum absolute atomic E-state index is 0.0407. The van der Waals surface area contributed by atoms with Crippen LogP contribution in [0.4, 0.5) is 18.9 Å². The summed E-state index contributed by atoms with van der Waals surface area (Å²) in [6.45, 7) is 2.00. The van der Waals surface area contributed by atoms with Gasteiger partial charge in [0, 0.05) is 30.3 Å². The van der Waals surface area contributed by atoms with E-state index in [0.29, 0.717) is 0 Å². The highest BCUT2D eigenvalue weighted by molar-refractivity contribution is 6.09. The number of aryl methyl sites for hydroxylation is 1. The van der Waals surface area contributed by atoms with Gasteiger partial charge in [0.1, 0.15) is 5.56 Å². The first-order chi connectivity index (χ1) is 16.0. The largest absolute Gasteiger partial charge is 0.493 e. The molecule has 1 N–H and O–H groups in total. The van der Waals surface area contributed by atoms with Gasteiger partial charge in [0.2, 0.25) is 5.43 Å². The normalized spacial score (nSPS) is 11.3. The van der Waals surface area contributed by atoms with E-state index in [4.69, 9.17) is 14.2 Å². The van der Waals surface area contributed by atoms with Gasteiger partial charge in [-0.1, -0.05) is 0 Å². The van der Waals surface area contributed by atoms with Crippen LogP contribution in [0, 0.1) is 0 Å². The number of carbonyl (C=O) groups excluding carboxylic acids is 2. The minimum atomic E-state index is -4.66. The molecule has 3 aromatic rings. The Hall–Kier alpha value is -4.02. The molecular formula is C23H21F3N2O6. The smallest absolute Gasteiger partial charge is 0.416 e. The number of nitrogens with zero attached hydrogens (tertiary/aromatic N) is 1. The Balaban J connectivity index is 2.16. The molecule has 8 nitrogen and oxygen atoms in total. The van der Waals surface area contributed by atoms with E-state index in [-0.39, 0.29) is 40.2 Å². The summed E-state index contributed by atoms with van der Waals surface area (Å²) in [7, 11) is 3.85. The van der Waals surface area contributed by atoms with Crippen molar-refractivity contribution < 1.29 is 37.0 Å². The summed E-state index contributed by atoms with van der Waals surface area (Å²) in [6, 6.07) is 5.38. The fourth-order valence-electron chi connectivity index (χ4n) is 3.45. The van der Waals surface area contributed by atoms with E-state index < -0.39 is 34.6 Å². The molecule has 0 unspecified atom stereocenters.